The molecule has 7 nitrogen and oxygen atoms in total. The summed E-state index contributed by atoms with van der Waals surface area (Å²) in [4.78, 5) is 32.2. The van der Waals surface area contributed by atoms with Gasteiger partial charge in [-0.05, 0) is 30.2 Å². The number of carbonyl (C=O) groups is 2. The second kappa shape index (κ2) is 9.44. The van der Waals surface area contributed by atoms with Crippen LogP contribution in [0.3, 0.4) is 0 Å². The number of methoxy groups -OCH3 is 2. The number of imide groups is 1. The Morgan fingerprint density at radius 1 is 0.844 bits per heavy atom. The zero-order valence-electron chi connectivity index (χ0n) is 18.8. The maximum atomic E-state index is 13.2. The molecule has 0 spiro atoms. The summed E-state index contributed by atoms with van der Waals surface area (Å²) in [5.74, 6) is 0.627. The van der Waals surface area contributed by atoms with Crippen LogP contribution in [0.4, 0.5) is 0 Å². The van der Waals surface area contributed by atoms with Gasteiger partial charge in [0.25, 0.3) is 11.8 Å². The Morgan fingerprint density at radius 2 is 1.53 bits per heavy atom. The third-order valence-electron chi connectivity index (χ3n) is 6.07. The average Bonchev–Trinajstić information content (AvgIpc) is 3.09. The molecule has 0 radical (unpaired) electrons. The third kappa shape index (κ3) is 4.08. The Bertz CT molecular complexity index is 1030. The normalized spacial score (nSPS) is 17.3. The largest absolute Gasteiger partial charge is 0.493 e. The molecule has 0 aliphatic carbocycles. The lowest BCUT2D eigenvalue weighted by atomic mass is 10.0. The van der Waals surface area contributed by atoms with E-state index in [0.29, 0.717) is 48.0 Å². The molecule has 4 rings (SSSR count). The number of rotatable bonds is 7. The Hall–Kier alpha value is -3.32. The molecule has 2 aliphatic rings. The molecule has 1 fully saturated rings. The summed E-state index contributed by atoms with van der Waals surface area (Å²) in [6, 6.07) is 15.7. The Labute approximate surface area is 188 Å². The highest BCUT2D eigenvalue weighted by molar-refractivity contribution is 6.35. The van der Waals surface area contributed by atoms with Crippen LogP contribution >= 0.6 is 0 Å². The first-order chi connectivity index (χ1) is 15.6. The fourth-order valence-corrected chi connectivity index (χ4v) is 4.37. The summed E-state index contributed by atoms with van der Waals surface area (Å²) in [5, 5.41) is 0. The second-order valence-corrected chi connectivity index (χ2v) is 7.90. The number of carbonyl (C=O) groups excluding carboxylic acids is 2. The number of nitrogens with zero attached hydrogens (tertiary/aromatic N) is 3. The van der Waals surface area contributed by atoms with Gasteiger partial charge in [-0.15, -0.1) is 0 Å². The maximum absolute atomic E-state index is 13.2. The lowest BCUT2D eigenvalue weighted by molar-refractivity contribution is -0.137. The molecule has 2 aliphatic heterocycles. The van der Waals surface area contributed by atoms with Crippen molar-refractivity contribution in [2.24, 2.45) is 0 Å². The van der Waals surface area contributed by atoms with Gasteiger partial charge in [-0.25, -0.2) is 0 Å². The van der Waals surface area contributed by atoms with Gasteiger partial charge in [0, 0.05) is 39.3 Å². The number of piperazine rings is 1. The van der Waals surface area contributed by atoms with Gasteiger partial charge >= 0.3 is 0 Å². The Balaban J connectivity index is 1.61. The zero-order valence-corrected chi connectivity index (χ0v) is 18.8. The number of hydrogen-bond acceptors (Lipinski definition) is 6. The third-order valence-corrected chi connectivity index (χ3v) is 6.07. The molecule has 2 heterocycles. The van der Waals surface area contributed by atoms with Crippen molar-refractivity contribution in [1.82, 2.24) is 14.7 Å². The lowest BCUT2D eigenvalue weighted by Crippen LogP contribution is -2.47. The minimum Gasteiger partial charge on any atom is -0.493 e. The van der Waals surface area contributed by atoms with Crippen LogP contribution in [-0.4, -0.2) is 73.5 Å². The summed E-state index contributed by atoms with van der Waals surface area (Å²) < 4.78 is 10.8. The topological polar surface area (TPSA) is 62.3 Å². The summed E-state index contributed by atoms with van der Waals surface area (Å²) in [6.45, 7) is 6.07. The van der Waals surface area contributed by atoms with Crippen molar-refractivity contribution in [3.05, 3.63) is 65.4 Å². The summed E-state index contributed by atoms with van der Waals surface area (Å²) in [7, 11) is 3.13. The molecule has 7 heteroatoms. The van der Waals surface area contributed by atoms with Gasteiger partial charge in [0.15, 0.2) is 11.5 Å². The molecule has 0 aromatic heterocycles. The van der Waals surface area contributed by atoms with Crippen molar-refractivity contribution in [3.8, 4) is 11.5 Å². The van der Waals surface area contributed by atoms with Crippen LogP contribution in [0.25, 0.3) is 5.57 Å². The van der Waals surface area contributed by atoms with Crippen molar-refractivity contribution in [3.63, 3.8) is 0 Å². The molecule has 0 bridgehead atoms. The number of ether oxygens (including phenoxy) is 2. The van der Waals surface area contributed by atoms with Gasteiger partial charge in [-0.1, -0.05) is 36.4 Å². The van der Waals surface area contributed by atoms with E-state index in [4.69, 9.17) is 9.47 Å². The summed E-state index contributed by atoms with van der Waals surface area (Å²) in [5.41, 5.74) is 2.87. The van der Waals surface area contributed by atoms with Crippen molar-refractivity contribution in [2.45, 2.75) is 13.5 Å². The van der Waals surface area contributed by atoms with Crippen LogP contribution in [0, 0.1) is 0 Å². The molecule has 2 aromatic carbocycles. The van der Waals surface area contributed by atoms with Crippen LogP contribution in [0.2, 0.25) is 0 Å². The van der Waals surface area contributed by atoms with E-state index in [1.807, 2.05) is 31.2 Å². The molecule has 168 valence electrons. The Kier molecular flexibility index (Phi) is 6.46. The molecule has 32 heavy (non-hydrogen) atoms. The molecule has 2 amide bonds. The van der Waals surface area contributed by atoms with Crippen LogP contribution in [0.1, 0.15) is 18.1 Å². The minimum absolute atomic E-state index is 0.223. The van der Waals surface area contributed by atoms with E-state index in [0.717, 1.165) is 19.6 Å². The van der Waals surface area contributed by atoms with Gasteiger partial charge in [0.05, 0.1) is 19.8 Å². The van der Waals surface area contributed by atoms with E-state index in [1.54, 1.807) is 26.4 Å². The van der Waals surface area contributed by atoms with E-state index in [9.17, 15) is 9.59 Å². The smallest absolute Gasteiger partial charge is 0.277 e. The maximum Gasteiger partial charge on any atom is 0.277 e. The monoisotopic (exact) mass is 435 g/mol. The van der Waals surface area contributed by atoms with Crippen LogP contribution < -0.4 is 9.47 Å². The van der Waals surface area contributed by atoms with Crippen molar-refractivity contribution in [1.29, 1.82) is 0 Å². The predicted octanol–water partition coefficient (Wildman–Crippen LogP) is 2.62. The number of amides is 2. The van der Waals surface area contributed by atoms with Crippen molar-refractivity contribution >= 4 is 17.4 Å². The molecule has 2 aromatic rings. The number of benzene rings is 2. The highest BCUT2D eigenvalue weighted by Gasteiger charge is 2.41. The average molecular weight is 436 g/mol. The fraction of sp³-hybridized carbons (Fsp3) is 0.360. The summed E-state index contributed by atoms with van der Waals surface area (Å²) in [6.07, 6.45) is 0. The Morgan fingerprint density at radius 3 is 2.16 bits per heavy atom. The fourth-order valence-electron chi connectivity index (χ4n) is 4.37. The van der Waals surface area contributed by atoms with Crippen LogP contribution in [0.5, 0.6) is 11.5 Å². The highest BCUT2D eigenvalue weighted by Crippen LogP contribution is 2.36. The van der Waals surface area contributed by atoms with Gasteiger partial charge in [-0.3, -0.25) is 19.4 Å². The molecular weight excluding hydrogens is 406 g/mol. The molecule has 0 atom stereocenters. The zero-order chi connectivity index (χ0) is 22.7. The van der Waals surface area contributed by atoms with Crippen molar-refractivity contribution < 1.29 is 19.1 Å². The standard InChI is InChI=1S/C25H29N3O4/c1-4-28-24(29)22(19-10-11-20(31-2)21(16-19)32-3)23(25(28)30)27-14-12-26(13-15-27)17-18-8-6-5-7-9-18/h5-11,16H,4,12-15,17H2,1-3H3. The second-order valence-electron chi connectivity index (χ2n) is 7.90. The quantitative estimate of drug-likeness (QED) is 0.623. The van der Waals surface area contributed by atoms with E-state index < -0.39 is 0 Å². The number of likely N-dealkylation sites (N-methyl/N-ethyl adjacent to an activating group) is 1. The van der Waals surface area contributed by atoms with E-state index in [2.05, 4.69) is 21.9 Å². The first kappa shape index (κ1) is 21.9. The van der Waals surface area contributed by atoms with Crippen LogP contribution in [0.15, 0.2) is 54.2 Å². The highest BCUT2D eigenvalue weighted by atomic mass is 16.5. The predicted molar refractivity (Wildman–Crippen MR) is 122 cm³/mol. The van der Waals surface area contributed by atoms with Gasteiger partial charge < -0.3 is 14.4 Å². The van der Waals surface area contributed by atoms with E-state index in [1.165, 1.54) is 10.5 Å². The van der Waals surface area contributed by atoms with Gasteiger partial charge in [0.1, 0.15) is 5.70 Å². The molecule has 0 saturated carbocycles. The van der Waals surface area contributed by atoms with Gasteiger partial charge in [0.2, 0.25) is 0 Å². The molecular formula is C25H29N3O4. The van der Waals surface area contributed by atoms with E-state index >= 15 is 0 Å². The molecule has 0 N–H and O–H groups in total. The first-order valence-corrected chi connectivity index (χ1v) is 10.9. The number of hydrogen-bond donors (Lipinski definition) is 0. The van der Waals surface area contributed by atoms with Crippen molar-refractivity contribution in [2.75, 3.05) is 46.9 Å². The first-order valence-electron chi connectivity index (χ1n) is 10.9. The van der Waals surface area contributed by atoms with Gasteiger partial charge in [-0.2, -0.15) is 0 Å². The molecule has 1 saturated heterocycles. The lowest BCUT2D eigenvalue weighted by Gasteiger charge is -2.36. The van der Waals surface area contributed by atoms with Crippen LogP contribution in [-0.2, 0) is 16.1 Å². The SMILES string of the molecule is CCN1C(=O)C(c2ccc(OC)c(OC)c2)=C(N2CCN(Cc3ccccc3)CC2)C1=O. The summed E-state index contributed by atoms with van der Waals surface area (Å²) >= 11 is 0. The van der Waals surface area contributed by atoms with E-state index in [-0.39, 0.29) is 11.8 Å². The minimum atomic E-state index is -0.258. The molecule has 0 unspecified atom stereocenters.